The second-order valence-electron chi connectivity index (χ2n) is 12.8. The van der Waals surface area contributed by atoms with Crippen molar-refractivity contribution in [3.05, 3.63) is 120 Å². The summed E-state index contributed by atoms with van der Waals surface area (Å²) in [6, 6.07) is 34.2. The van der Waals surface area contributed by atoms with E-state index >= 15 is 0 Å². The molecule has 2 aliphatic carbocycles. The second kappa shape index (κ2) is 11.1. The van der Waals surface area contributed by atoms with E-state index in [0.29, 0.717) is 11.8 Å². The molecule has 2 saturated carbocycles. The van der Waals surface area contributed by atoms with Crippen LogP contribution in [0, 0.1) is 0 Å². The van der Waals surface area contributed by atoms with E-state index in [-0.39, 0.29) is 0 Å². The highest BCUT2D eigenvalue weighted by atomic mass is 15.2. The summed E-state index contributed by atoms with van der Waals surface area (Å²) in [5.41, 5.74) is 13.1. The first-order valence-electron chi connectivity index (χ1n) is 16.4. The van der Waals surface area contributed by atoms with Gasteiger partial charge >= 0.3 is 0 Å². The first-order chi connectivity index (χ1) is 20.9. The van der Waals surface area contributed by atoms with E-state index in [2.05, 4.69) is 113 Å². The van der Waals surface area contributed by atoms with Crippen LogP contribution in [0.2, 0.25) is 0 Å². The number of aromatic nitrogens is 2. The summed E-state index contributed by atoms with van der Waals surface area (Å²) in [5, 5.41) is 0. The summed E-state index contributed by atoms with van der Waals surface area (Å²) in [6.07, 6.45) is 17.9. The number of benzene rings is 4. The zero-order chi connectivity index (χ0) is 27.9. The highest BCUT2D eigenvalue weighted by Gasteiger charge is 2.37. The van der Waals surface area contributed by atoms with Crippen LogP contribution in [0.15, 0.2) is 103 Å². The van der Waals surface area contributed by atoms with Crippen LogP contribution in [-0.4, -0.2) is 4.57 Å². The van der Waals surface area contributed by atoms with Crippen LogP contribution in [0.1, 0.15) is 92.7 Å². The quantitative estimate of drug-likeness (QED) is 0.189. The standard InChI is InChI=1S/C40H41N2/c1-5-15-29(16-6-1)35-27-36(30-17-7-2-8-18-30)38(32-21-11-4-12-22-32)39(37(35)31-19-9-3-10-20-31)42-26-25-41-28-33-23-13-14-24-34(33)40(41)42/h1-2,5-8,13-18,23-27,31-32H,3-4,9-12,19-22,28H2/q+1. The Morgan fingerprint density at radius 3 is 1.64 bits per heavy atom. The molecule has 0 spiro atoms. The lowest BCUT2D eigenvalue weighted by Gasteiger charge is -2.32. The maximum absolute atomic E-state index is 2.64. The molecular weight excluding hydrogens is 508 g/mol. The van der Waals surface area contributed by atoms with Crippen LogP contribution < -0.4 is 4.57 Å². The van der Waals surface area contributed by atoms with Gasteiger partial charge in [-0.3, -0.25) is 0 Å². The molecule has 4 aromatic carbocycles. The lowest BCUT2D eigenvalue weighted by atomic mass is 9.73. The molecular formula is C40H41N2+. The van der Waals surface area contributed by atoms with E-state index in [1.54, 1.807) is 11.1 Å². The number of rotatable bonds is 5. The third-order valence-corrected chi connectivity index (χ3v) is 10.3. The van der Waals surface area contributed by atoms with Gasteiger partial charge in [0.25, 0.3) is 5.82 Å². The Balaban J connectivity index is 1.51. The molecule has 1 aromatic heterocycles. The lowest BCUT2D eigenvalue weighted by Crippen LogP contribution is -2.30. The van der Waals surface area contributed by atoms with Crippen LogP contribution in [0.25, 0.3) is 39.3 Å². The molecule has 2 heterocycles. The molecule has 0 amide bonds. The minimum Gasteiger partial charge on any atom is -0.225 e. The Kier molecular flexibility index (Phi) is 6.79. The third kappa shape index (κ3) is 4.44. The molecule has 3 aliphatic rings. The van der Waals surface area contributed by atoms with E-state index in [4.69, 9.17) is 0 Å². The zero-order valence-corrected chi connectivity index (χ0v) is 24.6. The van der Waals surface area contributed by atoms with Gasteiger partial charge in [-0.2, -0.15) is 4.57 Å². The van der Waals surface area contributed by atoms with Gasteiger partial charge in [0.05, 0.1) is 5.56 Å². The van der Waals surface area contributed by atoms with Crippen molar-refractivity contribution < 1.29 is 4.57 Å². The van der Waals surface area contributed by atoms with Crippen LogP contribution >= 0.6 is 0 Å². The topological polar surface area (TPSA) is 8.81 Å². The smallest absolute Gasteiger partial charge is 0.225 e. The molecule has 0 N–H and O–H groups in total. The second-order valence-corrected chi connectivity index (χ2v) is 12.8. The molecule has 2 heteroatoms. The molecule has 5 aromatic rings. The van der Waals surface area contributed by atoms with Gasteiger partial charge in [-0.05, 0) is 71.9 Å². The van der Waals surface area contributed by atoms with Gasteiger partial charge in [0.2, 0.25) is 0 Å². The summed E-state index contributed by atoms with van der Waals surface area (Å²) in [6.45, 7) is 0.958. The van der Waals surface area contributed by atoms with Crippen molar-refractivity contribution in [2.45, 2.75) is 82.6 Å². The maximum Gasteiger partial charge on any atom is 0.294 e. The highest BCUT2D eigenvalue weighted by molar-refractivity contribution is 5.85. The molecule has 0 atom stereocenters. The SMILES string of the molecule is c1ccc(-c2cc(-c3ccccc3)c(C3CCCCC3)c(-n3cc[n+]4c3-c3ccccc3C4)c2C2CCCCC2)cc1. The predicted octanol–water partition coefficient (Wildman–Crippen LogP) is 10.2. The van der Waals surface area contributed by atoms with Gasteiger partial charge in [0, 0.05) is 16.7 Å². The van der Waals surface area contributed by atoms with Gasteiger partial charge < -0.3 is 0 Å². The van der Waals surface area contributed by atoms with E-state index in [9.17, 15) is 0 Å². The molecule has 2 nitrogen and oxygen atoms in total. The van der Waals surface area contributed by atoms with Gasteiger partial charge in [-0.25, -0.2) is 4.57 Å². The Bertz CT molecular complexity index is 1620. The Morgan fingerprint density at radius 1 is 0.548 bits per heavy atom. The first-order valence-corrected chi connectivity index (χ1v) is 16.4. The molecule has 42 heavy (non-hydrogen) atoms. The third-order valence-electron chi connectivity index (χ3n) is 10.3. The van der Waals surface area contributed by atoms with Gasteiger partial charge in [0.15, 0.2) is 0 Å². The number of hydrogen-bond donors (Lipinski definition) is 0. The number of nitrogens with zero attached hydrogens (tertiary/aromatic N) is 2. The van der Waals surface area contributed by atoms with Crippen molar-refractivity contribution in [1.29, 1.82) is 0 Å². The van der Waals surface area contributed by atoms with Gasteiger partial charge in [0.1, 0.15) is 24.6 Å². The average Bonchev–Trinajstić information content (AvgIpc) is 3.65. The summed E-state index contributed by atoms with van der Waals surface area (Å²) in [5.74, 6) is 2.51. The van der Waals surface area contributed by atoms with E-state index in [0.717, 1.165) is 6.54 Å². The van der Waals surface area contributed by atoms with Crippen molar-refractivity contribution in [3.8, 4) is 39.3 Å². The van der Waals surface area contributed by atoms with Crippen molar-refractivity contribution in [2.24, 2.45) is 0 Å². The zero-order valence-electron chi connectivity index (χ0n) is 24.6. The van der Waals surface area contributed by atoms with E-state index < -0.39 is 0 Å². The van der Waals surface area contributed by atoms with Gasteiger partial charge in [-0.1, -0.05) is 117 Å². The minimum absolute atomic E-state index is 0.579. The lowest BCUT2D eigenvalue weighted by molar-refractivity contribution is -0.671. The summed E-state index contributed by atoms with van der Waals surface area (Å²) < 4.78 is 5.12. The molecule has 0 radical (unpaired) electrons. The molecule has 0 unspecified atom stereocenters. The van der Waals surface area contributed by atoms with Crippen LogP contribution in [0.4, 0.5) is 0 Å². The summed E-state index contributed by atoms with van der Waals surface area (Å²) >= 11 is 0. The number of fused-ring (bicyclic) bond motifs is 3. The normalized spacial score (nSPS) is 17.2. The predicted molar refractivity (Wildman–Crippen MR) is 173 cm³/mol. The fourth-order valence-corrected chi connectivity index (χ4v) is 8.36. The first kappa shape index (κ1) is 25.8. The number of imidazole rings is 1. The van der Waals surface area contributed by atoms with Crippen LogP contribution in [0.5, 0.6) is 0 Å². The average molecular weight is 550 g/mol. The highest BCUT2D eigenvalue weighted by Crippen LogP contribution is 2.50. The largest absolute Gasteiger partial charge is 0.294 e. The molecule has 1 aliphatic heterocycles. The maximum atomic E-state index is 2.64. The van der Waals surface area contributed by atoms with Crippen molar-refractivity contribution in [2.75, 3.05) is 0 Å². The molecule has 210 valence electrons. The van der Waals surface area contributed by atoms with Crippen LogP contribution in [-0.2, 0) is 6.54 Å². The fraction of sp³-hybridized carbons (Fsp3) is 0.325. The van der Waals surface area contributed by atoms with E-state index in [1.807, 2.05) is 0 Å². The molecule has 8 rings (SSSR count). The summed E-state index contributed by atoms with van der Waals surface area (Å²) in [7, 11) is 0. The van der Waals surface area contributed by atoms with E-state index in [1.165, 1.54) is 109 Å². The van der Waals surface area contributed by atoms with Crippen molar-refractivity contribution in [1.82, 2.24) is 4.57 Å². The number of hydrogen-bond acceptors (Lipinski definition) is 0. The molecule has 0 saturated heterocycles. The monoisotopic (exact) mass is 549 g/mol. The Morgan fingerprint density at radius 2 is 1.07 bits per heavy atom. The molecule has 2 fully saturated rings. The van der Waals surface area contributed by atoms with Gasteiger partial charge in [-0.15, -0.1) is 0 Å². The van der Waals surface area contributed by atoms with Crippen molar-refractivity contribution in [3.63, 3.8) is 0 Å². The Labute approximate surface area is 250 Å². The summed E-state index contributed by atoms with van der Waals surface area (Å²) in [4.78, 5) is 0. The minimum atomic E-state index is 0.579. The van der Waals surface area contributed by atoms with Crippen LogP contribution in [0.3, 0.4) is 0 Å². The molecule has 0 bridgehead atoms. The van der Waals surface area contributed by atoms with Crippen molar-refractivity contribution >= 4 is 0 Å². The fourth-order valence-electron chi connectivity index (χ4n) is 8.36. The Hall–Kier alpha value is -3.91.